The second-order valence-corrected chi connectivity index (χ2v) is 7.49. The number of piperazine rings is 1. The zero-order valence-electron chi connectivity index (χ0n) is 17.4. The van der Waals surface area contributed by atoms with Crippen LogP contribution in [0.1, 0.15) is 10.4 Å². The third-order valence-electron chi connectivity index (χ3n) is 5.49. The Morgan fingerprint density at radius 1 is 1.12 bits per heavy atom. The lowest BCUT2D eigenvalue weighted by atomic mass is 10.1. The topological polar surface area (TPSA) is 96.5 Å². The lowest BCUT2D eigenvalue weighted by Gasteiger charge is -2.36. The highest BCUT2D eigenvalue weighted by atomic mass is 19.1. The van der Waals surface area contributed by atoms with Gasteiger partial charge >= 0.3 is 0 Å². The molecule has 2 aromatic carbocycles. The van der Waals surface area contributed by atoms with Gasteiger partial charge in [-0.05, 0) is 36.4 Å². The number of rotatable bonds is 7. The van der Waals surface area contributed by atoms with E-state index in [1.807, 2.05) is 0 Å². The van der Waals surface area contributed by atoms with Crippen molar-refractivity contribution in [2.45, 2.75) is 0 Å². The van der Waals surface area contributed by atoms with E-state index in [2.05, 4.69) is 20.1 Å². The Labute approximate surface area is 184 Å². The Balaban J connectivity index is 1.28. The molecular formula is C22H23FN6O3. The molecule has 4 rings (SSSR count). The molecule has 10 heteroatoms. The van der Waals surface area contributed by atoms with Crippen molar-refractivity contribution >= 4 is 17.3 Å². The summed E-state index contributed by atoms with van der Waals surface area (Å²) >= 11 is 0. The molecule has 1 aliphatic heterocycles. The van der Waals surface area contributed by atoms with Crippen molar-refractivity contribution in [3.8, 4) is 5.69 Å². The van der Waals surface area contributed by atoms with Crippen molar-refractivity contribution in [3.63, 3.8) is 0 Å². The van der Waals surface area contributed by atoms with Gasteiger partial charge in [0.25, 0.3) is 11.6 Å². The van der Waals surface area contributed by atoms with Gasteiger partial charge in [-0.3, -0.25) is 19.8 Å². The lowest BCUT2D eigenvalue weighted by Crippen LogP contribution is -2.48. The number of imidazole rings is 1. The van der Waals surface area contributed by atoms with E-state index in [0.717, 1.165) is 31.9 Å². The van der Waals surface area contributed by atoms with Crippen molar-refractivity contribution in [2.75, 3.05) is 44.2 Å². The van der Waals surface area contributed by atoms with Crippen LogP contribution in [0, 0.1) is 15.9 Å². The normalized spacial score (nSPS) is 14.3. The van der Waals surface area contributed by atoms with Crippen LogP contribution in [0.25, 0.3) is 5.69 Å². The molecule has 0 bridgehead atoms. The van der Waals surface area contributed by atoms with Crippen LogP contribution in [0.2, 0.25) is 0 Å². The van der Waals surface area contributed by atoms with Crippen LogP contribution in [0.4, 0.5) is 15.8 Å². The molecule has 1 fully saturated rings. The first-order valence-electron chi connectivity index (χ1n) is 10.3. The molecule has 0 radical (unpaired) electrons. The van der Waals surface area contributed by atoms with E-state index in [1.54, 1.807) is 30.5 Å². The van der Waals surface area contributed by atoms with E-state index in [1.165, 1.54) is 35.3 Å². The van der Waals surface area contributed by atoms with Crippen LogP contribution in [-0.2, 0) is 0 Å². The molecule has 1 N–H and O–H groups in total. The van der Waals surface area contributed by atoms with Crippen LogP contribution in [-0.4, -0.2) is 64.6 Å². The molecule has 0 atom stereocenters. The molecule has 1 saturated heterocycles. The minimum absolute atomic E-state index is 0.160. The van der Waals surface area contributed by atoms with E-state index in [4.69, 9.17) is 0 Å². The zero-order valence-corrected chi connectivity index (χ0v) is 17.4. The number of nitrogens with zero attached hydrogens (tertiary/aromatic N) is 5. The zero-order chi connectivity index (χ0) is 22.5. The summed E-state index contributed by atoms with van der Waals surface area (Å²) in [6, 6.07) is 10.9. The fourth-order valence-electron chi connectivity index (χ4n) is 3.74. The second-order valence-electron chi connectivity index (χ2n) is 7.49. The van der Waals surface area contributed by atoms with Gasteiger partial charge in [0.05, 0.1) is 11.3 Å². The van der Waals surface area contributed by atoms with Gasteiger partial charge in [-0.1, -0.05) is 0 Å². The number of nitro benzene ring substituents is 1. The fraction of sp³-hybridized carbons (Fsp3) is 0.273. The molecule has 1 aromatic heterocycles. The predicted octanol–water partition coefficient (Wildman–Crippen LogP) is 2.47. The monoisotopic (exact) mass is 438 g/mol. The van der Waals surface area contributed by atoms with Gasteiger partial charge in [-0.25, -0.2) is 9.37 Å². The largest absolute Gasteiger partial charge is 0.369 e. The Bertz CT molecular complexity index is 1080. The second kappa shape index (κ2) is 9.56. The minimum Gasteiger partial charge on any atom is -0.369 e. The van der Waals surface area contributed by atoms with Crippen LogP contribution < -0.4 is 10.2 Å². The van der Waals surface area contributed by atoms with Crippen LogP contribution in [0.5, 0.6) is 0 Å². The Morgan fingerprint density at radius 2 is 1.88 bits per heavy atom. The number of halogens is 1. The van der Waals surface area contributed by atoms with Gasteiger partial charge in [-0.15, -0.1) is 0 Å². The predicted molar refractivity (Wildman–Crippen MR) is 118 cm³/mol. The summed E-state index contributed by atoms with van der Waals surface area (Å²) in [5.74, 6) is -0.597. The summed E-state index contributed by atoms with van der Waals surface area (Å²) < 4.78 is 14.6. The number of hydrogen-bond donors (Lipinski definition) is 1. The summed E-state index contributed by atoms with van der Waals surface area (Å²) in [5.41, 5.74) is 1.43. The third-order valence-corrected chi connectivity index (χ3v) is 5.49. The van der Waals surface area contributed by atoms with E-state index in [0.29, 0.717) is 18.8 Å². The number of hydrogen-bond acceptors (Lipinski definition) is 6. The van der Waals surface area contributed by atoms with Crippen molar-refractivity contribution in [3.05, 3.63) is 82.7 Å². The summed E-state index contributed by atoms with van der Waals surface area (Å²) in [5, 5.41) is 14.3. The molecule has 0 spiro atoms. The van der Waals surface area contributed by atoms with Gasteiger partial charge in [0.1, 0.15) is 11.5 Å². The van der Waals surface area contributed by atoms with E-state index >= 15 is 0 Å². The van der Waals surface area contributed by atoms with Gasteiger partial charge in [0, 0.05) is 69.0 Å². The summed E-state index contributed by atoms with van der Waals surface area (Å²) in [6.07, 6.45) is 4.61. The number of carbonyl (C=O) groups is 1. The van der Waals surface area contributed by atoms with Crippen LogP contribution in [0.3, 0.4) is 0 Å². The van der Waals surface area contributed by atoms with Crippen molar-refractivity contribution < 1.29 is 14.1 Å². The van der Waals surface area contributed by atoms with Crippen molar-refractivity contribution in [2.24, 2.45) is 0 Å². The lowest BCUT2D eigenvalue weighted by molar-refractivity contribution is -0.384. The number of aromatic nitrogens is 2. The van der Waals surface area contributed by atoms with Gasteiger partial charge in [-0.2, -0.15) is 0 Å². The maximum Gasteiger partial charge on any atom is 0.294 e. The SMILES string of the molecule is O=C(NCCN1CCN(c2ccc(F)cc2)CC1)c1ccc(-n2ccnc2)c([N+](=O)[O-])c1. The number of amides is 1. The molecular weight excluding hydrogens is 415 g/mol. The molecule has 2 heterocycles. The Morgan fingerprint density at radius 3 is 2.53 bits per heavy atom. The molecule has 166 valence electrons. The molecule has 3 aromatic rings. The first-order valence-corrected chi connectivity index (χ1v) is 10.3. The third kappa shape index (κ3) is 4.92. The number of nitro groups is 1. The summed E-state index contributed by atoms with van der Waals surface area (Å²) in [7, 11) is 0. The Hall–Kier alpha value is -3.79. The smallest absolute Gasteiger partial charge is 0.294 e. The number of carbonyl (C=O) groups excluding carboxylic acids is 1. The minimum atomic E-state index is -0.507. The number of benzene rings is 2. The average Bonchev–Trinajstić information content (AvgIpc) is 3.34. The summed E-state index contributed by atoms with van der Waals surface area (Å²) in [6.45, 7) is 4.42. The van der Waals surface area contributed by atoms with Crippen molar-refractivity contribution in [1.29, 1.82) is 0 Å². The van der Waals surface area contributed by atoms with Crippen LogP contribution >= 0.6 is 0 Å². The average molecular weight is 438 g/mol. The molecule has 0 saturated carbocycles. The van der Waals surface area contributed by atoms with Crippen LogP contribution in [0.15, 0.2) is 61.2 Å². The number of anilines is 1. The molecule has 0 unspecified atom stereocenters. The molecule has 1 amide bonds. The molecule has 32 heavy (non-hydrogen) atoms. The maximum atomic E-state index is 13.1. The highest BCUT2D eigenvalue weighted by molar-refractivity contribution is 5.95. The Kier molecular flexibility index (Phi) is 6.41. The first-order chi connectivity index (χ1) is 15.5. The maximum absolute atomic E-state index is 13.1. The number of nitrogens with one attached hydrogen (secondary N) is 1. The quantitative estimate of drug-likeness (QED) is 0.450. The van der Waals surface area contributed by atoms with E-state index < -0.39 is 4.92 Å². The van der Waals surface area contributed by atoms with Crippen molar-refractivity contribution in [1.82, 2.24) is 19.8 Å². The van der Waals surface area contributed by atoms with Gasteiger partial charge in [0.2, 0.25) is 0 Å². The van der Waals surface area contributed by atoms with E-state index in [-0.39, 0.29) is 23.0 Å². The highest BCUT2D eigenvalue weighted by Gasteiger charge is 2.20. The standard InChI is InChI=1S/C22H23FN6O3/c23-18-2-4-19(5-3-18)27-13-11-26(12-14-27)9-8-25-22(30)17-1-6-20(21(15-17)29(31)32)28-10-7-24-16-28/h1-7,10,15-16H,8-9,11-14H2,(H,25,30). The molecule has 1 aliphatic rings. The molecule has 9 nitrogen and oxygen atoms in total. The van der Waals surface area contributed by atoms with Gasteiger partial charge < -0.3 is 14.8 Å². The van der Waals surface area contributed by atoms with E-state index in [9.17, 15) is 19.3 Å². The molecule has 0 aliphatic carbocycles. The fourth-order valence-corrected chi connectivity index (χ4v) is 3.74. The summed E-state index contributed by atoms with van der Waals surface area (Å²) in [4.78, 5) is 31.8. The van der Waals surface area contributed by atoms with Gasteiger partial charge in [0.15, 0.2) is 0 Å². The first kappa shape index (κ1) is 21.4. The highest BCUT2D eigenvalue weighted by Crippen LogP contribution is 2.24.